The van der Waals surface area contributed by atoms with Crippen LogP contribution in [0.15, 0.2) is 33.5 Å². The summed E-state index contributed by atoms with van der Waals surface area (Å²) < 4.78 is 10.6. The molecule has 0 aromatic heterocycles. The number of rotatable bonds is 5. The van der Waals surface area contributed by atoms with Gasteiger partial charge in [0.15, 0.2) is 0 Å². The highest BCUT2D eigenvalue weighted by atomic mass is 16.6. The number of fused-ring (bicyclic) bond motifs is 1. The Morgan fingerprint density at radius 3 is 2.70 bits per heavy atom. The Morgan fingerprint density at radius 1 is 1.27 bits per heavy atom. The molecule has 0 spiro atoms. The minimum absolute atomic E-state index is 0.190. The number of nitrogens with one attached hydrogen (secondary N) is 1. The highest BCUT2D eigenvalue weighted by Crippen LogP contribution is 2.31. The molecule has 1 fully saturated rings. The maximum Gasteiger partial charge on any atom is 0.407 e. The van der Waals surface area contributed by atoms with Crippen molar-refractivity contribution < 1.29 is 19.1 Å². The van der Waals surface area contributed by atoms with Gasteiger partial charge in [-0.1, -0.05) is 13.0 Å². The lowest BCUT2D eigenvalue weighted by molar-refractivity contribution is -0.138. The highest BCUT2D eigenvalue weighted by molar-refractivity contribution is 6.42. The molecular formula is C22H32N4O4. The summed E-state index contributed by atoms with van der Waals surface area (Å²) in [6, 6.07) is -0.190. The first-order valence-corrected chi connectivity index (χ1v) is 10.7. The number of allylic oxidation sites excluding steroid dienone is 1. The fraction of sp³-hybridized carbons (Fsp3) is 0.636. The molecule has 0 aromatic rings. The number of ether oxygens (including phenoxy) is 2. The third-order valence-electron chi connectivity index (χ3n) is 5.23. The Morgan fingerprint density at radius 2 is 2.03 bits per heavy atom. The maximum atomic E-state index is 12.5. The number of carbonyl (C=O) groups is 2. The number of hydrogen-bond donors (Lipinski definition) is 1. The summed E-state index contributed by atoms with van der Waals surface area (Å²) in [6.45, 7) is 10.5. The fourth-order valence-electron chi connectivity index (χ4n) is 3.84. The Bertz CT molecular complexity index is 819. The molecule has 30 heavy (non-hydrogen) atoms. The Labute approximate surface area is 178 Å². The zero-order valence-corrected chi connectivity index (χ0v) is 18.5. The van der Waals surface area contributed by atoms with Gasteiger partial charge in [0.05, 0.1) is 30.5 Å². The summed E-state index contributed by atoms with van der Waals surface area (Å²) in [5.41, 5.74) is 1.75. The first kappa shape index (κ1) is 22.1. The molecule has 2 unspecified atom stereocenters. The van der Waals surface area contributed by atoms with Gasteiger partial charge >= 0.3 is 12.1 Å². The predicted octanol–water partition coefficient (Wildman–Crippen LogP) is 3.20. The molecule has 3 rings (SSSR count). The van der Waals surface area contributed by atoms with Crippen LogP contribution in [-0.2, 0) is 14.3 Å². The van der Waals surface area contributed by atoms with Gasteiger partial charge in [0.25, 0.3) is 0 Å². The second kappa shape index (κ2) is 9.02. The van der Waals surface area contributed by atoms with E-state index in [0.717, 1.165) is 30.1 Å². The monoisotopic (exact) mass is 416 g/mol. The van der Waals surface area contributed by atoms with Crippen molar-refractivity contribution in [3.05, 3.63) is 23.5 Å². The zero-order chi connectivity index (χ0) is 21.9. The third kappa shape index (κ3) is 5.09. The minimum Gasteiger partial charge on any atom is -0.463 e. The summed E-state index contributed by atoms with van der Waals surface area (Å²) >= 11 is 0. The highest BCUT2D eigenvalue weighted by Gasteiger charge is 2.39. The van der Waals surface area contributed by atoms with Gasteiger partial charge in [-0.3, -0.25) is 9.98 Å². The lowest BCUT2D eigenvalue weighted by atomic mass is 9.96. The number of amidine groups is 1. The summed E-state index contributed by atoms with van der Waals surface area (Å²) in [6.07, 6.45) is 5.86. The molecule has 1 saturated heterocycles. The number of hydrogen-bond acceptors (Lipinski definition) is 7. The van der Waals surface area contributed by atoms with E-state index in [4.69, 9.17) is 14.5 Å². The first-order chi connectivity index (χ1) is 14.2. The van der Waals surface area contributed by atoms with Gasteiger partial charge in [0.2, 0.25) is 0 Å². The molecule has 8 nitrogen and oxygen atoms in total. The van der Waals surface area contributed by atoms with Crippen molar-refractivity contribution in [1.29, 1.82) is 0 Å². The summed E-state index contributed by atoms with van der Waals surface area (Å²) in [7, 11) is 0. The molecule has 0 aliphatic carbocycles. The molecule has 3 heterocycles. The van der Waals surface area contributed by atoms with Crippen LogP contribution >= 0.6 is 0 Å². The SMILES string of the molecule is CCOC(=O)C1=C2CC(NC(=O)OC(C)(C)C)CN2C(C2=NC=CC(CC)C2)=NC1. The van der Waals surface area contributed by atoms with Gasteiger partial charge < -0.3 is 19.7 Å². The number of carbonyl (C=O) groups excluding carboxylic acids is 2. The molecule has 3 aliphatic heterocycles. The van der Waals surface area contributed by atoms with Crippen LogP contribution in [0.2, 0.25) is 0 Å². The number of amides is 1. The van der Waals surface area contributed by atoms with E-state index in [-0.39, 0.29) is 18.6 Å². The molecule has 164 valence electrons. The lowest BCUT2D eigenvalue weighted by Gasteiger charge is -2.30. The van der Waals surface area contributed by atoms with E-state index in [1.165, 1.54) is 0 Å². The topological polar surface area (TPSA) is 92.6 Å². The molecule has 0 bridgehead atoms. The van der Waals surface area contributed by atoms with E-state index < -0.39 is 11.7 Å². The molecule has 0 radical (unpaired) electrons. The van der Waals surface area contributed by atoms with Crippen LogP contribution in [0.4, 0.5) is 4.79 Å². The van der Waals surface area contributed by atoms with Crippen molar-refractivity contribution in [3.8, 4) is 0 Å². The second-order valence-electron chi connectivity index (χ2n) is 8.73. The number of nitrogens with zero attached hydrogens (tertiary/aromatic N) is 3. The number of esters is 1. The molecule has 1 amide bonds. The van der Waals surface area contributed by atoms with Crippen molar-refractivity contribution in [1.82, 2.24) is 10.2 Å². The quantitative estimate of drug-likeness (QED) is 0.695. The molecule has 0 saturated carbocycles. The molecular weight excluding hydrogens is 384 g/mol. The van der Waals surface area contributed by atoms with Crippen LogP contribution in [0.25, 0.3) is 0 Å². The Balaban J connectivity index is 1.83. The molecule has 8 heteroatoms. The van der Waals surface area contributed by atoms with Crippen LogP contribution in [-0.4, -0.2) is 59.8 Å². The van der Waals surface area contributed by atoms with Gasteiger partial charge in [0, 0.05) is 24.9 Å². The van der Waals surface area contributed by atoms with Crippen molar-refractivity contribution >= 4 is 23.6 Å². The van der Waals surface area contributed by atoms with Gasteiger partial charge in [-0.05, 0) is 46.5 Å². The van der Waals surface area contributed by atoms with Crippen LogP contribution in [0.5, 0.6) is 0 Å². The average molecular weight is 417 g/mol. The van der Waals surface area contributed by atoms with Crippen LogP contribution in [0.3, 0.4) is 0 Å². The lowest BCUT2D eigenvalue weighted by Crippen LogP contribution is -2.43. The van der Waals surface area contributed by atoms with E-state index in [1.54, 1.807) is 6.92 Å². The molecule has 2 atom stereocenters. The first-order valence-electron chi connectivity index (χ1n) is 10.7. The average Bonchev–Trinajstić information content (AvgIpc) is 3.09. The number of alkyl carbamates (subject to hydrolysis) is 1. The third-order valence-corrected chi connectivity index (χ3v) is 5.23. The Hall–Kier alpha value is -2.64. The fourth-order valence-corrected chi connectivity index (χ4v) is 3.84. The van der Waals surface area contributed by atoms with E-state index in [0.29, 0.717) is 31.1 Å². The van der Waals surface area contributed by atoms with Gasteiger partial charge in [-0.15, -0.1) is 0 Å². The van der Waals surface area contributed by atoms with Crippen molar-refractivity contribution in [2.45, 2.75) is 65.5 Å². The van der Waals surface area contributed by atoms with Crippen molar-refractivity contribution in [3.63, 3.8) is 0 Å². The summed E-state index contributed by atoms with van der Waals surface area (Å²) in [5.74, 6) is 0.863. The predicted molar refractivity (Wildman–Crippen MR) is 115 cm³/mol. The summed E-state index contributed by atoms with van der Waals surface area (Å²) in [5, 5.41) is 2.93. The van der Waals surface area contributed by atoms with Crippen molar-refractivity contribution in [2.24, 2.45) is 15.9 Å². The van der Waals surface area contributed by atoms with Crippen LogP contribution in [0.1, 0.15) is 53.9 Å². The van der Waals surface area contributed by atoms with Crippen LogP contribution < -0.4 is 5.32 Å². The minimum atomic E-state index is -0.573. The largest absolute Gasteiger partial charge is 0.463 e. The molecule has 0 aromatic carbocycles. The maximum absolute atomic E-state index is 12.5. The Kier molecular flexibility index (Phi) is 6.63. The van der Waals surface area contributed by atoms with Gasteiger partial charge in [0.1, 0.15) is 11.4 Å². The zero-order valence-electron chi connectivity index (χ0n) is 18.5. The number of aliphatic imine (C=N–C) groups is 2. The normalized spacial score (nSPS) is 23.6. The smallest absolute Gasteiger partial charge is 0.407 e. The second-order valence-corrected chi connectivity index (χ2v) is 8.73. The van der Waals surface area contributed by atoms with E-state index in [2.05, 4.69) is 23.3 Å². The van der Waals surface area contributed by atoms with Crippen molar-refractivity contribution in [2.75, 3.05) is 19.7 Å². The summed E-state index contributed by atoms with van der Waals surface area (Å²) in [4.78, 5) is 36.1. The van der Waals surface area contributed by atoms with E-state index in [1.807, 2.05) is 31.9 Å². The molecule has 3 aliphatic rings. The van der Waals surface area contributed by atoms with Gasteiger partial charge in [-0.25, -0.2) is 9.59 Å². The van der Waals surface area contributed by atoms with E-state index in [9.17, 15) is 9.59 Å². The standard InChI is InChI=1S/C22H32N4O4/c1-6-14-8-9-23-17(10-14)19-24-12-16(20(27)29-7-2)18-11-15(13-26(18)19)25-21(28)30-22(3,4)5/h8-9,14-15H,6-7,10-13H2,1-5H3,(H,25,28). The van der Waals surface area contributed by atoms with Crippen LogP contribution in [0, 0.1) is 5.92 Å². The molecule has 1 N–H and O–H groups in total. The van der Waals surface area contributed by atoms with Gasteiger partial charge in [-0.2, -0.15) is 0 Å². The van der Waals surface area contributed by atoms with E-state index >= 15 is 0 Å².